The van der Waals surface area contributed by atoms with Crippen LogP contribution < -0.4 is 0 Å². The number of hydrogen-bond acceptors (Lipinski definition) is 5. The van der Waals surface area contributed by atoms with Crippen molar-refractivity contribution in [1.82, 2.24) is 9.21 Å². The Hall–Kier alpha value is -1.44. The maximum Gasteiger partial charge on any atom is 0.339 e. The lowest BCUT2D eigenvalue weighted by molar-refractivity contribution is 0.0595. The first-order valence-corrected chi connectivity index (χ1v) is 9.39. The third-order valence-corrected chi connectivity index (χ3v) is 6.63. The van der Waals surface area contributed by atoms with E-state index in [1.54, 1.807) is 12.1 Å². The van der Waals surface area contributed by atoms with Crippen LogP contribution in [0.2, 0.25) is 0 Å². The summed E-state index contributed by atoms with van der Waals surface area (Å²) in [6, 6.07) is 6.54. The third-order valence-electron chi connectivity index (χ3n) is 4.71. The van der Waals surface area contributed by atoms with E-state index in [9.17, 15) is 13.2 Å². The van der Waals surface area contributed by atoms with Crippen molar-refractivity contribution in [3.8, 4) is 0 Å². The fraction of sp³-hybridized carbons (Fsp3) is 0.562. The average molecular weight is 338 g/mol. The lowest BCUT2D eigenvalue weighted by Crippen LogP contribution is -2.56. The lowest BCUT2D eigenvalue weighted by Gasteiger charge is -2.43. The van der Waals surface area contributed by atoms with Crippen LogP contribution in [0, 0.1) is 0 Å². The van der Waals surface area contributed by atoms with Crippen LogP contribution in [0.5, 0.6) is 0 Å². The van der Waals surface area contributed by atoms with Crippen molar-refractivity contribution in [1.29, 1.82) is 0 Å². The third kappa shape index (κ3) is 3.13. The number of benzene rings is 1. The summed E-state index contributed by atoms with van der Waals surface area (Å²) in [6.07, 6.45) is 3.37. The Morgan fingerprint density at radius 2 is 1.96 bits per heavy atom. The fourth-order valence-electron chi connectivity index (χ4n) is 3.46. The molecule has 1 aromatic rings. The quantitative estimate of drug-likeness (QED) is 0.778. The van der Waals surface area contributed by atoms with Crippen molar-refractivity contribution in [2.45, 2.75) is 30.2 Å². The largest absolute Gasteiger partial charge is 0.465 e. The molecule has 7 heteroatoms. The molecular weight excluding hydrogens is 316 g/mol. The van der Waals surface area contributed by atoms with Gasteiger partial charge in [0.25, 0.3) is 0 Å². The Morgan fingerprint density at radius 3 is 2.74 bits per heavy atom. The molecule has 0 N–H and O–H groups in total. The Balaban J connectivity index is 1.89. The molecule has 0 saturated carbocycles. The van der Waals surface area contributed by atoms with Crippen LogP contribution in [-0.4, -0.2) is 62.9 Å². The number of sulfonamides is 1. The second kappa shape index (κ2) is 6.59. The number of rotatable bonds is 3. The standard InChI is InChI=1S/C16H22N2O4S/c1-22-16(19)14-7-2-3-8-15(14)23(20,21)18-11-10-17-9-5-4-6-13(17)12-18/h2-3,7-8,13H,4-6,9-12H2,1H3/t13-/m0/s1. The number of carbonyl (C=O) groups is 1. The Labute approximate surface area is 137 Å². The van der Waals surface area contributed by atoms with Gasteiger partial charge in [0, 0.05) is 25.7 Å². The van der Waals surface area contributed by atoms with E-state index >= 15 is 0 Å². The Bertz CT molecular complexity index is 689. The molecule has 126 valence electrons. The number of hydrogen-bond donors (Lipinski definition) is 0. The fourth-order valence-corrected chi connectivity index (χ4v) is 5.10. The van der Waals surface area contributed by atoms with Gasteiger partial charge in [-0.15, -0.1) is 0 Å². The molecule has 2 aliphatic rings. The van der Waals surface area contributed by atoms with E-state index in [0.29, 0.717) is 13.1 Å². The highest BCUT2D eigenvalue weighted by molar-refractivity contribution is 7.89. The van der Waals surface area contributed by atoms with Gasteiger partial charge in [-0.25, -0.2) is 13.2 Å². The molecule has 6 nitrogen and oxygen atoms in total. The molecule has 0 aliphatic carbocycles. The van der Waals surface area contributed by atoms with Crippen LogP contribution >= 0.6 is 0 Å². The van der Waals surface area contributed by atoms with Gasteiger partial charge in [-0.1, -0.05) is 18.6 Å². The second-order valence-electron chi connectivity index (χ2n) is 6.04. The normalized spacial score (nSPS) is 23.3. The summed E-state index contributed by atoms with van der Waals surface area (Å²) in [5.41, 5.74) is 0.0982. The van der Waals surface area contributed by atoms with Gasteiger partial charge in [0.1, 0.15) is 0 Å². The predicted molar refractivity (Wildman–Crippen MR) is 85.8 cm³/mol. The molecule has 3 rings (SSSR count). The molecule has 1 aromatic carbocycles. The van der Waals surface area contributed by atoms with Crippen molar-refractivity contribution in [2.24, 2.45) is 0 Å². The van der Waals surface area contributed by atoms with Gasteiger partial charge in [-0.05, 0) is 31.5 Å². The van der Waals surface area contributed by atoms with E-state index in [1.807, 2.05) is 0 Å². The summed E-state index contributed by atoms with van der Waals surface area (Å²) in [5, 5.41) is 0. The van der Waals surface area contributed by atoms with Gasteiger partial charge in [-0.3, -0.25) is 4.90 Å². The molecule has 0 unspecified atom stereocenters. The van der Waals surface area contributed by atoms with Crippen molar-refractivity contribution in [2.75, 3.05) is 33.3 Å². The molecule has 0 aromatic heterocycles. The minimum Gasteiger partial charge on any atom is -0.465 e. The van der Waals surface area contributed by atoms with Gasteiger partial charge in [0.05, 0.1) is 17.6 Å². The Morgan fingerprint density at radius 1 is 1.17 bits per heavy atom. The van der Waals surface area contributed by atoms with Crippen LogP contribution in [-0.2, 0) is 14.8 Å². The van der Waals surface area contributed by atoms with Crippen LogP contribution in [0.15, 0.2) is 29.2 Å². The number of piperidine rings is 1. The van der Waals surface area contributed by atoms with Gasteiger partial charge in [0.15, 0.2) is 0 Å². The summed E-state index contributed by atoms with van der Waals surface area (Å²) < 4.78 is 32.2. The first-order valence-electron chi connectivity index (χ1n) is 7.95. The van der Waals surface area contributed by atoms with Crippen LogP contribution in [0.4, 0.5) is 0 Å². The highest BCUT2D eigenvalue weighted by Crippen LogP contribution is 2.27. The number of fused-ring (bicyclic) bond motifs is 1. The molecular formula is C16H22N2O4S. The summed E-state index contributed by atoms with van der Waals surface area (Å²) >= 11 is 0. The first-order chi connectivity index (χ1) is 11.0. The SMILES string of the molecule is COC(=O)c1ccccc1S(=O)(=O)N1CCN2CCCC[C@H]2C1. The first kappa shape index (κ1) is 16.4. The van der Waals surface area contributed by atoms with E-state index in [1.165, 1.54) is 30.0 Å². The zero-order valence-electron chi connectivity index (χ0n) is 13.3. The molecule has 0 bridgehead atoms. The molecule has 2 saturated heterocycles. The zero-order valence-corrected chi connectivity index (χ0v) is 14.1. The summed E-state index contributed by atoms with van der Waals surface area (Å²) in [7, 11) is -2.44. The Kier molecular flexibility index (Phi) is 4.70. The number of piperazine rings is 1. The maximum absolute atomic E-state index is 13.0. The van der Waals surface area contributed by atoms with Crippen LogP contribution in [0.1, 0.15) is 29.6 Å². The van der Waals surface area contributed by atoms with E-state index in [2.05, 4.69) is 4.90 Å². The summed E-state index contributed by atoms with van der Waals surface area (Å²) in [4.78, 5) is 14.3. The van der Waals surface area contributed by atoms with Crippen molar-refractivity contribution in [3.05, 3.63) is 29.8 Å². The average Bonchev–Trinajstić information content (AvgIpc) is 2.60. The predicted octanol–water partition coefficient (Wildman–Crippen LogP) is 1.33. The molecule has 0 spiro atoms. The smallest absolute Gasteiger partial charge is 0.339 e. The summed E-state index contributed by atoms with van der Waals surface area (Å²) in [5.74, 6) is -0.625. The van der Waals surface area contributed by atoms with Gasteiger partial charge < -0.3 is 4.74 Å². The number of carbonyl (C=O) groups excluding carboxylic acids is 1. The highest BCUT2D eigenvalue weighted by Gasteiger charge is 2.36. The monoisotopic (exact) mass is 338 g/mol. The van der Waals surface area contributed by atoms with Crippen LogP contribution in [0.25, 0.3) is 0 Å². The molecule has 1 atom stereocenters. The zero-order chi connectivity index (χ0) is 16.4. The molecule has 2 heterocycles. The van der Waals surface area contributed by atoms with Crippen molar-refractivity contribution >= 4 is 16.0 Å². The van der Waals surface area contributed by atoms with E-state index < -0.39 is 16.0 Å². The topological polar surface area (TPSA) is 66.9 Å². The van der Waals surface area contributed by atoms with Crippen LogP contribution in [0.3, 0.4) is 0 Å². The van der Waals surface area contributed by atoms with Crippen molar-refractivity contribution < 1.29 is 17.9 Å². The van der Waals surface area contributed by atoms with Crippen molar-refractivity contribution in [3.63, 3.8) is 0 Å². The molecule has 0 radical (unpaired) electrons. The molecule has 2 fully saturated rings. The number of ether oxygens (including phenoxy) is 1. The van der Waals surface area contributed by atoms with E-state index in [-0.39, 0.29) is 16.5 Å². The molecule has 0 amide bonds. The molecule has 23 heavy (non-hydrogen) atoms. The number of methoxy groups -OCH3 is 1. The minimum absolute atomic E-state index is 0.0381. The van der Waals surface area contributed by atoms with Gasteiger partial charge in [0.2, 0.25) is 10.0 Å². The molecule has 2 aliphatic heterocycles. The highest BCUT2D eigenvalue weighted by atomic mass is 32.2. The minimum atomic E-state index is -3.69. The van der Waals surface area contributed by atoms with E-state index in [4.69, 9.17) is 4.74 Å². The maximum atomic E-state index is 13.0. The lowest BCUT2D eigenvalue weighted by atomic mass is 10.0. The van der Waals surface area contributed by atoms with E-state index in [0.717, 1.165) is 25.9 Å². The number of nitrogens with zero attached hydrogens (tertiary/aromatic N) is 2. The van der Waals surface area contributed by atoms with Gasteiger partial charge >= 0.3 is 5.97 Å². The number of esters is 1. The second-order valence-corrected chi connectivity index (χ2v) is 7.94. The summed E-state index contributed by atoms with van der Waals surface area (Å²) in [6.45, 7) is 2.77. The van der Waals surface area contributed by atoms with Gasteiger partial charge in [-0.2, -0.15) is 4.31 Å².